The number of carbonyl (C=O) groups excluding carboxylic acids is 1. The molecule has 1 aliphatic heterocycles. The van der Waals surface area contributed by atoms with Gasteiger partial charge < -0.3 is 13.8 Å². The maximum Gasteiger partial charge on any atom is 0.293 e. The second kappa shape index (κ2) is 6.00. The minimum absolute atomic E-state index is 0.0102. The van der Waals surface area contributed by atoms with Gasteiger partial charge in [-0.2, -0.15) is 10.1 Å². The lowest BCUT2D eigenvalue weighted by atomic mass is 10.1. The molecular weight excluding hydrogens is 326 g/mol. The number of hydrogen-bond acceptors (Lipinski definition) is 7. The SMILES string of the molecule is Cn1nc(C(=O)N2CC[C@H](c3noc(-c4ccco4)n3)C2)ccc1=O. The normalized spacial score (nSPS) is 17.2. The van der Waals surface area contributed by atoms with Gasteiger partial charge in [0, 0.05) is 32.1 Å². The molecule has 1 saturated heterocycles. The summed E-state index contributed by atoms with van der Waals surface area (Å²) in [6, 6.07) is 6.27. The summed E-state index contributed by atoms with van der Waals surface area (Å²) in [5, 5.41) is 8.00. The van der Waals surface area contributed by atoms with E-state index in [0.29, 0.717) is 30.6 Å². The minimum atomic E-state index is -0.256. The van der Waals surface area contributed by atoms with Gasteiger partial charge in [-0.05, 0) is 24.6 Å². The third kappa shape index (κ3) is 2.84. The van der Waals surface area contributed by atoms with Gasteiger partial charge in [0.2, 0.25) is 0 Å². The van der Waals surface area contributed by atoms with Crippen molar-refractivity contribution in [3.63, 3.8) is 0 Å². The molecule has 1 atom stereocenters. The second-order valence-corrected chi connectivity index (χ2v) is 5.85. The van der Waals surface area contributed by atoms with Gasteiger partial charge >= 0.3 is 0 Å². The van der Waals surface area contributed by atoms with Gasteiger partial charge in [0.15, 0.2) is 11.6 Å². The molecule has 0 saturated carbocycles. The number of aromatic nitrogens is 4. The maximum atomic E-state index is 12.5. The average Bonchev–Trinajstić information content (AvgIpc) is 3.36. The molecule has 0 aliphatic carbocycles. The summed E-state index contributed by atoms with van der Waals surface area (Å²) in [5.41, 5.74) is -0.0137. The summed E-state index contributed by atoms with van der Waals surface area (Å²) in [6.45, 7) is 1.04. The van der Waals surface area contributed by atoms with Crippen molar-refractivity contribution >= 4 is 5.91 Å². The maximum absolute atomic E-state index is 12.5. The number of likely N-dealkylation sites (tertiary alicyclic amines) is 1. The highest BCUT2D eigenvalue weighted by molar-refractivity contribution is 5.92. The second-order valence-electron chi connectivity index (χ2n) is 5.85. The molecule has 3 aromatic heterocycles. The Balaban J connectivity index is 1.48. The van der Waals surface area contributed by atoms with E-state index in [1.807, 2.05) is 0 Å². The van der Waals surface area contributed by atoms with Crippen molar-refractivity contribution in [3.8, 4) is 11.7 Å². The van der Waals surface area contributed by atoms with Crippen LogP contribution in [-0.4, -0.2) is 43.8 Å². The fourth-order valence-corrected chi connectivity index (χ4v) is 2.83. The van der Waals surface area contributed by atoms with E-state index >= 15 is 0 Å². The summed E-state index contributed by atoms with van der Waals surface area (Å²) in [6.07, 6.45) is 2.27. The van der Waals surface area contributed by atoms with Crippen molar-refractivity contribution < 1.29 is 13.7 Å². The molecular formula is C16H15N5O4. The Hall–Kier alpha value is -3.23. The quantitative estimate of drug-likeness (QED) is 0.701. The van der Waals surface area contributed by atoms with Crippen LogP contribution in [0.3, 0.4) is 0 Å². The molecule has 4 rings (SSSR count). The van der Waals surface area contributed by atoms with Crippen LogP contribution in [-0.2, 0) is 7.05 Å². The van der Waals surface area contributed by atoms with Crippen LogP contribution in [0.2, 0.25) is 0 Å². The Morgan fingerprint density at radius 2 is 2.20 bits per heavy atom. The Bertz CT molecular complexity index is 959. The molecule has 1 aliphatic rings. The summed E-state index contributed by atoms with van der Waals surface area (Å²) in [7, 11) is 1.52. The van der Waals surface area contributed by atoms with Crippen LogP contribution >= 0.6 is 0 Å². The first-order valence-corrected chi connectivity index (χ1v) is 7.83. The first kappa shape index (κ1) is 15.3. The Morgan fingerprint density at radius 3 is 2.96 bits per heavy atom. The number of nitrogens with zero attached hydrogens (tertiary/aromatic N) is 5. The highest BCUT2D eigenvalue weighted by Gasteiger charge is 2.32. The van der Waals surface area contributed by atoms with Gasteiger partial charge in [0.05, 0.1) is 6.26 Å². The van der Waals surface area contributed by atoms with Gasteiger partial charge in [-0.1, -0.05) is 5.16 Å². The number of hydrogen-bond donors (Lipinski definition) is 0. The predicted molar refractivity (Wildman–Crippen MR) is 84.7 cm³/mol. The molecule has 4 heterocycles. The van der Waals surface area contributed by atoms with Crippen molar-refractivity contribution in [2.75, 3.05) is 13.1 Å². The van der Waals surface area contributed by atoms with E-state index in [9.17, 15) is 9.59 Å². The number of carbonyl (C=O) groups is 1. The van der Waals surface area contributed by atoms with E-state index in [1.54, 1.807) is 17.0 Å². The lowest BCUT2D eigenvalue weighted by molar-refractivity contribution is 0.0782. The van der Waals surface area contributed by atoms with E-state index in [4.69, 9.17) is 8.94 Å². The molecule has 1 fully saturated rings. The lowest BCUT2D eigenvalue weighted by Crippen LogP contribution is -2.31. The van der Waals surface area contributed by atoms with E-state index in [2.05, 4.69) is 15.2 Å². The molecule has 0 N–H and O–H groups in total. The number of furan rings is 1. The zero-order valence-electron chi connectivity index (χ0n) is 13.5. The van der Waals surface area contributed by atoms with Crippen LogP contribution in [0.4, 0.5) is 0 Å². The van der Waals surface area contributed by atoms with Crippen LogP contribution in [0.15, 0.2) is 44.3 Å². The molecule has 0 unspecified atom stereocenters. The predicted octanol–water partition coefficient (Wildman–Crippen LogP) is 1.05. The molecule has 1 amide bonds. The topological polar surface area (TPSA) is 107 Å². The third-order valence-electron chi connectivity index (χ3n) is 4.19. The largest absolute Gasteiger partial charge is 0.459 e. The smallest absolute Gasteiger partial charge is 0.293 e. The van der Waals surface area contributed by atoms with Gasteiger partial charge in [0.25, 0.3) is 17.4 Å². The van der Waals surface area contributed by atoms with E-state index in [0.717, 1.165) is 11.1 Å². The molecule has 0 aromatic carbocycles. The number of aryl methyl sites for hydroxylation is 1. The number of amides is 1. The highest BCUT2D eigenvalue weighted by atomic mass is 16.5. The average molecular weight is 341 g/mol. The van der Waals surface area contributed by atoms with E-state index in [1.165, 1.54) is 25.4 Å². The first-order valence-electron chi connectivity index (χ1n) is 7.83. The molecule has 9 heteroatoms. The fraction of sp³-hybridized carbons (Fsp3) is 0.312. The molecule has 25 heavy (non-hydrogen) atoms. The molecule has 0 radical (unpaired) electrons. The van der Waals surface area contributed by atoms with Crippen molar-refractivity contribution in [1.29, 1.82) is 0 Å². The van der Waals surface area contributed by atoms with Crippen LogP contribution in [0.25, 0.3) is 11.7 Å². The van der Waals surface area contributed by atoms with Crippen LogP contribution in [0.5, 0.6) is 0 Å². The van der Waals surface area contributed by atoms with Gasteiger partial charge in [-0.25, -0.2) is 4.68 Å². The van der Waals surface area contributed by atoms with Gasteiger partial charge in [-0.3, -0.25) is 9.59 Å². The summed E-state index contributed by atoms with van der Waals surface area (Å²) in [4.78, 5) is 30.0. The lowest BCUT2D eigenvalue weighted by Gasteiger charge is -2.15. The fourth-order valence-electron chi connectivity index (χ4n) is 2.83. The first-order chi connectivity index (χ1) is 12.1. The van der Waals surface area contributed by atoms with Gasteiger partial charge in [0.1, 0.15) is 5.69 Å². The Morgan fingerprint density at radius 1 is 1.32 bits per heavy atom. The van der Waals surface area contributed by atoms with Crippen molar-refractivity contribution in [1.82, 2.24) is 24.8 Å². The molecule has 0 bridgehead atoms. The van der Waals surface area contributed by atoms with Crippen molar-refractivity contribution in [3.05, 3.63) is 52.4 Å². The molecule has 128 valence electrons. The van der Waals surface area contributed by atoms with E-state index < -0.39 is 0 Å². The van der Waals surface area contributed by atoms with Crippen molar-refractivity contribution in [2.45, 2.75) is 12.3 Å². The summed E-state index contributed by atoms with van der Waals surface area (Å²) >= 11 is 0. The molecule has 0 spiro atoms. The highest BCUT2D eigenvalue weighted by Crippen LogP contribution is 2.28. The Labute approximate surface area is 141 Å². The minimum Gasteiger partial charge on any atom is -0.459 e. The van der Waals surface area contributed by atoms with Crippen LogP contribution in [0.1, 0.15) is 28.7 Å². The Kier molecular flexibility index (Phi) is 3.68. The zero-order valence-corrected chi connectivity index (χ0v) is 13.5. The van der Waals surface area contributed by atoms with E-state index in [-0.39, 0.29) is 23.1 Å². The summed E-state index contributed by atoms with van der Waals surface area (Å²) < 4.78 is 11.6. The van der Waals surface area contributed by atoms with Gasteiger partial charge in [-0.15, -0.1) is 0 Å². The third-order valence-corrected chi connectivity index (χ3v) is 4.19. The van der Waals surface area contributed by atoms with Crippen LogP contribution < -0.4 is 5.56 Å². The van der Waals surface area contributed by atoms with Crippen molar-refractivity contribution in [2.24, 2.45) is 7.05 Å². The summed E-state index contributed by atoms with van der Waals surface area (Å²) in [5.74, 6) is 1.16. The number of rotatable bonds is 3. The monoisotopic (exact) mass is 341 g/mol. The molecule has 9 nitrogen and oxygen atoms in total. The standard InChI is InChI=1S/C16H15N5O4/c1-20-13(22)5-4-11(18-20)16(23)21-7-6-10(9-21)14-17-15(25-19-14)12-3-2-8-24-12/h2-5,8,10H,6-7,9H2,1H3/t10-/m0/s1. The van der Waals surface area contributed by atoms with Crippen LogP contribution in [0, 0.1) is 0 Å². The zero-order chi connectivity index (χ0) is 17.4. The molecule has 3 aromatic rings.